The van der Waals surface area contributed by atoms with Crippen LogP contribution in [-0.2, 0) is 6.54 Å². The molecule has 0 unspecified atom stereocenters. The molecule has 0 aromatic heterocycles. The minimum absolute atomic E-state index is 0.0908. The molecule has 8 heteroatoms. The van der Waals surface area contributed by atoms with E-state index in [-0.39, 0.29) is 18.5 Å². The van der Waals surface area contributed by atoms with Gasteiger partial charge < -0.3 is 10.0 Å². The van der Waals surface area contributed by atoms with Gasteiger partial charge in [-0.2, -0.15) is 0 Å². The second-order valence-corrected chi connectivity index (χ2v) is 9.20. The smallest absolute Gasteiger partial charge is 0.254 e. The molecule has 4 rings (SSSR count). The van der Waals surface area contributed by atoms with Gasteiger partial charge in [-0.3, -0.25) is 14.6 Å². The highest BCUT2D eigenvalue weighted by molar-refractivity contribution is 9.10. The average Bonchev–Trinajstić information content (AvgIpc) is 3.13. The van der Waals surface area contributed by atoms with E-state index in [2.05, 4.69) is 25.7 Å². The third-order valence-electron chi connectivity index (χ3n) is 5.91. The Morgan fingerprint density at radius 3 is 2.47 bits per heavy atom. The highest BCUT2D eigenvalue weighted by Gasteiger charge is 2.38. The van der Waals surface area contributed by atoms with Gasteiger partial charge in [0.05, 0.1) is 16.6 Å². The third kappa shape index (κ3) is 4.86. The van der Waals surface area contributed by atoms with E-state index in [1.165, 1.54) is 17.7 Å². The molecule has 1 N–H and O–H groups in total. The van der Waals surface area contributed by atoms with Crippen LogP contribution in [0, 0.1) is 5.82 Å². The summed E-state index contributed by atoms with van der Waals surface area (Å²) in [4.78, 5) is 19.0. The molecular formula is C22H24BrClFN3O2. The monoisotopic (exact) mass is 495 g/mol. The van der Waals surface area contributed by atoms with Crippen molar-refractivity contribution < 1.29 is 14.3 Å². The van der Waals surface area contributed by atoms with Crippen LogP contribution in [0.25, 0.3) is 0 Å². The number of carbonyl (C=O) groups excluding carboxylic acids is 1. The Labute approximate surface area is 189 Å². The van der Waals surface area contributed by atoms with Gasteiger partial charge >= 0.3 is 0 Å². The molecule has 2 aliphatic heterocycles. The maximum Gasteiger partial charge on any atom is 0.254 e. The lowest BCUT2D eigenvalue weighted by Crippen LogP contribution is -2.53. The van der Waals surface area contributed by atoms with Crippen LogP contribution in [0.1, 0.15) is 15.9 Å². The SMILES string of the molecule is O=C(c1ccc(Br)c(F)c1)N1C[C@@H](O)[C@H](N2CCN(Cc3ccc(Cl)cc3)CC2)C1. The molecule has 0 saturated carbocycles. The number of carbonyl (C=O) groups is 1. The zero-order valence-electron chi connectivity index (χ0n) is 16.5. The van der Waals surface area contributed by atoms with Crippen molar-refractivity contribution in [1.29, 1.82) is 0 Å². The van der Waals surface area contributed by atoms with E-state index in [0.717, 1.165) is 37.7 Å². The quantitative estimate of drug-likeness (QED) is 0.706. The third-order valence-corrected chi connectivity index (χ3v) is 6.80. The first kappa shape index (κ1) is 21.7. The van der Waals surface area contributed by atoms with Crippen LogP contribution in [0.4, 0.5) is 4.39 Å². The fraction of sp³-hybridized carbons (Fsp3) is 0.409. The van der Waals surface area contributed by atoms with Crippen LogP contribution < -0.4 is 0 Å². The number of hydrogen-bond donors (Lipinski definition) is 1. The number of aliphatic hydroxyl groups excluding tert-OH is 1. The number of rotatable bonds is 4. The zero-order chi connectivity index (χ0) is 21.3. The highest BCUT2D eigenvalue weighted by atomic mass is 79.9. The predicted molar refractivity (Wildman–Crippen MR) is 118 cm³/mol. The van der Waals surface area contributed by atoms with Crippen molar-refractivity contribution in [2.24, 2.45) is 0 Å². The van der Waals surface area contributed by atoms with Gasteiger partial charge in [-0.05, 0) is 51.8 Å². The molecule has 0 bridgehead atoms. The number of halogens is 3. The van der Waals surface area contributed by atoms with E-state index in [4.69, 9.17) is 11.6 Å². The first-order chi connectivity index (χ1) is 14.4. The summed E-state index contributed by atoms with van der Waals surface area (Å²) < 4.78 is 14.1. The molecule has 0 radical (unpaired) electrons. The number of amides is 1. The summed E-state index contributed by atoms with van der Waals surface area (Å²) in [5.74, 6) is -0.710. The number of likely N-dealkylation sites (tertiary alicyclic amines) is 1. The Kier molecular flexibility index (Phi) is 6.75. The number of benzene rings is 2. The Hall–Kier alpha value is -1.51. The standard InChI is InChI=1S/C22H24BrClFN3O2/c23-18-6-3-16(11-19(18)25)22(30)28-13-20(21(29)14-28)27-9-7-26(8-10-27)12-15-1-4-17(24)5-2-15/h1-6,11,20-21,29H,7-10,12-14H2/t20-,21-/m1/s1. The average molecular weight is 497 g/mol. The van der Waals surface area contributed by atoms with Crippen LogP contribution >= 0.6 is 27.5 Å². The molecule has 2 aromatic rings. The van der Waals surface area contributed by atoms with Gasteiger partial charge in [0.1, 0.15) is 5.82 Å². The van der Waals surface area contributed by atoms with Gasteiger partial charge in [0.2, 0.25) is 0 Å². The summed E-state index contributed by atoms with van der Waals surface area (Å²) in [7, 11) is 0. The fourth-order valence-electron chi connectivity index (χ4n) is 4.21. The van der Waals surface area contributed by atoms with Crippen molar-refractivity contribution in [2.75, 3.05) is 39.3 Å². The van der Waals surface area contributed by atoms with Gasteiger partial charge in [-0.25, -0.2) is 4.39 Å². The second kappa shape index (κ2) is 9.32. The summed E-state index contributed by atoms with van der Waals surface area (Å²) in [6.45, 7) is 5.07. The van der Waals surface area contributed by atoms with Gasteiger partial charge in [-0.15, -0.1) is 0 Å². The summed E-state index contributed by atoms with van der Waals surface area (Å²) >= 11 is 9.06. The lowest BCUT2D eigenvalue weighted by molar-refractivity contribution is 0.0423. The van der Waals surface area contributed by atoms with E-state index in [9.17, 15) is 14.3 Å². The topological polar surface area (TPSA) is 47.0 Å². The molecule has 2 atom stereocenters. The molecule has 2 fully saturated rings. The maximum atomic E-state index is 13.8. The molecule has 2 saturated heterocycles. The Balaban J connectivity index is 1.32. The van der Waals surface area contributed by atoms with E-state index >= 15 is 0 Å². The number of aliphatic hydroxyl groups is 1. The lowest BCUT2D eigenvalue weighted by atomic mass is 10.1. The number of hydrogen-bond acceptors (Lipinski definition) is 4. The van der Waals surface area contributed by atoms with Crippen molar-refractivity contribution in [2.45, 2.75) is 18.7 Å². The van der Waals surface area contributed by atoms with Crippen LogP contribution in [0.15, 0.2) is 46.9 Å². The maximum absolute atomic E-state index is 13.8. The van der Waals surface area contributed by atoms with Crippen molar-refractivity contribution in [1.82, 2.24) is 14.7 Å². The molecule has 2 aromatic carbocycles. The normalized spacial score (nSPS) is 23.1. The van der Waals surface area contributed by atoms with Crippen LogP contribution in [0.2, 0.25) is 5.02 Å². The van der Waals surface area contributed by atoms with Crippen LogP contribution in [0.3, 0.4) is 0 Å². The van der Waals surface area contributed by atoms with Crippen LogP contribution in [-0.4, -0.2) is 77.1 Å². The Bertz CT molecular complexity index is 906. The summed E-state index contributed by atoms with van der Waals surface area (Å²) in [6, 6.07) is 12.2. The zero-order valence-corrected chi connectivity index (χ0v) is 18.8. The van der Waals surface area contributed by atoms with Crippen molar-refractivity contribution in [3.05, 3.63) is 68.9 Å². The first-order valence-electron chi connectivity index (χ1n) is 10.0. The number of β-amino-alcohol motifs (C(OH)–C–C–N with tert-alkyl or cyclic N) is 1. The fourth-order valence-corrected chi connectivity index (χ4v) is 4.58. The molecule has 2 heterocycles. The minimum atomic E-state index is -0.600. The Morgan fingerprint density at radius 2 is 1.80 bits per heavy atom. The molecule has 2 aliphatic rings. The largest absolute Gasteiger partial charge is 0.390 e. The molecule has 160 valence electrons. The summed E-state index contributed by atoms with van der Waals surface area (Å²) in [5, 5.41) is 11.3. The van der Waals surface area contributed by atoms with E-state index in [1.54, 1.807) is 11.0 Å². The lowest BCUT2D eigenvalue weighted by Gasteiger charge is -2.38. The number of nitrogens with zero attached hydrogens (tertiary/aromatic N) is 3. The van der Waals surface area contributed by atoms with Gasteiger partial charge in [0.15, 0.2) is 0 Å². The van der Waals surface area contributed by atoms with E-state index in [0.29, 0.717) is 16.6 Å². The van der Waals surface area contributed by atoms with Crippen LogP contribution in [0.5, 0.6) is 0 Å². The van der Waals surface area contributed by atoms with Gasteiger partial charge in [0, 0.05) is 56.4 Å². The van der Waals surface area contributed by atoms with Gasteiger partial charge in [0.25, 0.3) is 5.91 Å². The highest BCUT2D eigenvalue weighted by Crippen LogP contribution is 2.23. The number of piperazine rings is 1. The second-order valence-electron chi connectivity index (χ2n) is 7.91. The molecule has 1 amide bonds. The minimum Gasteiger partial charge on any atom is -0.390 e. The van der Waals surface area contributed by atoms with E-state index in [1.807, 2.05) is 24.3 Å². The van der Waals surface area contributed by atoms with Crippen molar-refractivity contribution >= 4 is 33.4 Å². The summed E-state index contributed by atoms with van der Waals surface area (Å²) in [5.41, 5.74) is 1.53. The molecule has 5 nitrogen and oxygen atoms in total. The van der Waals surface area contributed by atoms with Gasteiger partial charge in [-0.1, -0.05) is 23.7 Å². The first-order valence-corrected chi connectivity index (χ1v) is 11.2. The van der Waals surface area contributed by atoms with Crippen molar-refractivity contribution in [3.8, 4) is 0 Å². The Morgan fingerprint density at radius 1 is 1.10 bits per heavy atom. The molecular weight excluding hydrogens is 473 g/mol. The van der Waals surface area contributed by atoms with Crippen molar-refractivity contribution in [3.63, 3.8) is 0 Å². The summed E-state index contributed by atoms with van der Waals surface area (Å²) in [6.07, 6.45) is -0.600. The predicted octanol–water partition coefficient (Wildman–Crippen LogP) is 3.24. The molecule has 30 heavy (non-hydrogen) atoms. The molecule has 0 spiro atoms. The molecule has 0 aliphatic carbocycles. The van der Waals surface area contributed by atoms with E-state index < -0.39 is 11.9 Å².